The lowest BCUT2D eigenvalue weighted by atomic mass is 9.90. The topological polar surface area (TPSA) is 102 Å². The van der Waals surface area contributed by atoms with Gasteiger partial charge in [0.2, 0.25) is 12.8 Å². The number of pyridine rings is 1. The van der Waals surface area contributed by atoms with E-state index >= 15 is 0 Å². The van der Waals surface area contributed by atoms with E-state index in [1.807, 2.05) is 37.8 Å². The Morgan fingerprint density at radius 1 is 1.31 bits per heavy atom. The first-order valence-corrected chi connectivity index (χ1v) is 13.1. The fourth-order valence-corrected chi connectivity index (χ4v) is 5.38. The minimum absolute atomic E-state index is 0.0106. The second kappa shape index (κ2) is 11.9. The van der Waals surface area contributed by atoms with E-state index in [4.69, 9.17) is 16.6 Å². The van der Waals surface area contributed by atoms with Gasteiger partial charge in [-0.05, 0) is 37.1 Å². The van der Waals surface area contributed by atoms with Gasteiger partial charge in [-0.15, -0.1) is 0 Å². The van der Waals surface area contributed by atoms with Gasteiger partial charge in [-0.3, -0.25) is 24.5 Å². The molecule has 3 atom stereocenters. The fraction of sp³-hybridized carbons (Fsp3) is 0.393. The van der Waals surface area contributed by atoms with Crippen molar-refractivity contribution in [1.29, 1.82) is 0 Å². The molecule has 206 valence electrons. The average molecular weight is 555 g/mol. The number of anilines is 1. The molecule has 0 spiro atoms. The van der Waals surface area contributed by atoms with Crippen molar-refractivity contribution >= 4 is 42.3 Å². The molecule has 2 aliphatic heterocycles. The summed E-state index contributed by atoms with van der Waals surface area (Å²) in [6, 6.07) is 5.44. The molecule has 0 aliphatic carbocycles. The number of aliphatic imine (C=N–C) groups is 2. The number of hydrogen-bond donors (Lipinski definition) is 1. The number of carbonyl (C=O) groups excluding carboxylic acids is 2. The van der Waals surface area contributed by atoms with Gasteiger partial charge in [-0.1, -0.05) is 37.6 Å². The van der Waals surface area contributed by atoms with Crippen LogP contribution in [-0.2, 0) is 9.59 Å². The van der Waals surface area contributed by atoms with Crippen LogP contribution in [0.4, 0.5) is 10.2 Å². The molecule has 2 aromatic rings. The molecule has 2 aliphatic rings. The summed E-state index contributed by atoms with van der Waals surface area (Å²) >= 11 is 6.70. The quantitative estimate of drug-likeness (QED) is 0.317. The Morgan fingerprint density at radius 2 is 2.08 bits per heavy atom. The number of aromatic nitrogens is 1. The van der Waals surface area contributed by atoms with Crippen LogP contribution in [0.15, 0.2) is 46.4 Å². The third kappa shape index (κ3) is 5.52. The standard InChI is InChI=1S/C28H32ClFN6O3/c1-17(2)19-7-6-10-32-27(19)36(16-38)28-20(26(31-4)35-12-11-34(15-37)14-18(35)3)13-21(29)25(33-28)24-22(30)8-5-9-23(24)39/h5-10,13,15-19,27,39H,11-12,14H2,1-4H3/b31-26+. The number of dihydropyridines is 1. The number of nitrogens with zero attached hydrogens (tertiary/aromatic N) is 6. The minimum atomic E-state index is -0.706. The van der Waals surface area contributed by atoms with Crippen molar-refractivity contribution in [3.63, 3.8) is 0 Å². The highest BCUT2D eigenvalue weighted by Crippen LogP contribution is 2.39. The van der Waals surface area contributed by atoms with E-state index in [0.717, 1.165) is 6.41 Å². The summed E-state index contributed by atoms with van der Waals surface area (Å²) in [5.41, 5.74) is 0.271. The van der Waals surface area contributed by atoms with Gasteiger partial charge in [0.1, 0.15) is 29.4 Å². The highest BCUT2D eigenvalue weighted by atomic mass is 35.5. The first-order valence-electron chi connectivity index (χ1n) is 12.8. The molecule has 2 amide bonds. The number of halogens is 2. The van der Waals surface area contributed by atoms with E-state index < -0.39 is 12.0 Å². The van der Waals surface area contributed by atoms with E-state index in [1.165, 1.54) is 23.1 Å². The fourth-order valence-electron chi connectivity index (χ4n) is 5.14. The molecule has 1 aromatic heterocycles. The monoisotopic (exact) mass is 554 g/mol. The van der Waals surface area contributed by atoms with Crippen LogP contribution in [0.3, 0.4) is 0 Å². The van der Waals surface area contributed by atoms with Crippen molar-refractivity contribution in [2.45, 2.75) is 33.0 Å². The number of rotatable bonds is 7. The van der Waals surface area contributed by atoms with Gasteiger partial charge in [0.05, 0.1) is 21.8 Å². The van der Waals surface area contributed by atoms with Crippen molar-refractivity contribution in [2.24, 2.45) is 21.8 Å². The van der Waals surface area contributed by atoms with Crippen molar-refractivity contribution in [2.75, 3.05) is 31.6 Å². The SMILES string of the molecule is C/N=C(\c1cc(Cl)c(-c2c(O)cccc2F)nc1N(C=O)C1N=CC=CC1C(C)C)N1CCN(C=O)CC1C. The number of piperazine rings is 1. The van der Waals surface area contributed by atoms with Gasteiger partial charge in [0.15, 0.2) is 0 Å². The molecule has 0 radical (unpaired) electrons. The van der Waals surface area contributed by atoms with Crippen LogP contribution in [0.5, 0.6) is 5.75 Å². The number of phenols is 1. The van der Waals surface area contributed by atoms with Crippen LogP contribution in [-0.4, -0.2) is 83.7 Å². The first-order chi connectivity index (χ1) is 18.7. The van der Waals surface area contributed by atoms with Crippen LogP contribution >= 0.6 is 11.6 Å². The number of hydrogen-bond acceptors (Lipinski definition) is 6. The van der Waals surface area contributed by atoms with Crippen molar-refractivity contribution in [3.8, 4) is 17.0 Å². The second-order valence-corrected chi connectivity index (χ2v) is 10.4. The summed E-state index contributed by atoms with van der Waals surface area (Å²) in [5.74, 6) is -0.309. The Labute approximate surface area is 232 Å². The van der Waals surface area contributed by atoms with E-state index in [-0.39, 0.29) is 45.7 Å². The van der Waals surface area contributed by atoms with E-state index in [9.17, 15) is 19.1 Å². The number of phenolic OH excluding ortho intramolecular Hbond substituents is 1. The maximum Gasteiger partial charge on any atom is 0.217 e. The number of aromatic hydroxyl groups is 1. The number of amidine groups is 1. The molecule has 3 unspecified atom stereocenters. The highest BCUT2D eigenvalue weighted by molar-refractivity contribution is 6.33. The number of carbonyl (C=O) groups is 2. The van der Waals surface area contributed by atoms with Crippen molar-refractivity contribution in [1.82, 2.24) is 14.8 Å². The normalized spacial score (nSPS) is 21.4. The van der Waals surface area contributed by atoms with Gasteiger partial charge in [-0.2, -0.15) is 0 Å². The zero-order valence-electron chi connectivity index (χ0n) is 22.3. The van der Waals surface area contributed by atoms with Gasteiger partial charge in [-0.25, -0.2) is 9.37 Å². The van der Waals surface area contributed by atoms with Gasteiger partial charge < -0.3 is 14.9 Å². The third-order valence-corrected chi connectivity index (χ3v) is 7.42. The second-order valence-electron chi connectivity index (χ2n) is 9.94. The van der Waals surface area contributed by atoms with Gasteiger partial charge in [0.25, 0.3) is 0 Å². The van der Waals surface area contributed by atoms with Crippen LogP contribution < -0.4 is 4.90 Å². The molecule has 1 saturated heterocycles. The van der Waals surface area contributed by atoms with E-state index in [1.54, 1.807) is 24.2 Å². The molecular weight excluding hydrogens is 523 g/mol. The molecule has 0 saturated carbocycles. The smallest absolute Gasteiger partial charge is 0.217 e. The van der Waals surface area contributed by atoms with Crippen molar-refractivity contribution < 1.29 is 19.1 Å². The van der Waals surface area contributed by atoms with E-state index in [0.29, 0.717) is 37.4 Å². The Bertz CT molecular complexity index is 1310. The summed E-state index contributed by atoms with van der Waals surface area (Å²) in [6.07, 6.45) is 6.33. The Kier molecular flexibility index (Phi) is 8.64. The predicted molar refractivity (Wildman–Crippen MR) is 151 cm³/mol. The minimum Gasteiger partial charge on any atom is -0.507 e. The lowest BCUT2D eigenvalue weighted by Gasteiger charge is -2.41. The number of benzene rings is 1. The predicted octanol–water partition coefficient (Wildman–Crippen LogP) is 3.99. The molecule has 0 bridgehead atoms. The third-order valence-electron chi connectivity index (χ3n) is 7.13. The van der Waals surface area contributed by atoms with Gasteiger partial charge in [0, 0.05) is 44.9 Å². The average Bonchev–Trinajstić information content (AvgIpc) is 2.92. The van der Waals surface area contributed by atoms with Crippen LogP contribution in [0.25, 0.3) is 11.3 Å². The lowest BCUT2D eigenvalue weighted by Crippen LogP contribution is -2.54. The molecular formula is C28H32ClFN6O3. The zero-order valence-corrected chi connectivity index (χ0v) is 23.1. The zero-order chi connectivity index (χ0) is 28.3. The Morgan fingerprint density at radius 3 is 2.69 bits per heavy atom. The Balaban J connectivity index is 1.93. The largest absolute Gasteiger partial charge is 0.507 e. The molecule has 9 nitrogen and oxygen atoms in total. The molecule has 3 heterocycles. The molecule has 4 rings (SSSR count). The molecule has 1 aromatic carbocycles. The Hall–Kier alpha value is -3.79. The number of allylic oxidation sites excluding steroid dienone is 1. The molecule has 1 fully saturated rings. The summed E-state index contributed by atoms with van der Waals surface area (Å²) in [7, 11) is 1.63. The maximum absolute atomic E-state index is 15.0. The summed E-state index contributed by atoms with van der Waals surface area (Å²) in [4.78, 5) is 43.1. The lowest BCUT2D eigenvalue weighted by molar-refractivity contribution is -0.120. The first kappa shape index (κ1) is 28.2. The van der Waals surface area contributed by atoms with Crippen LogP contribution in [0, 0.1) is 17.7 Å². The van der Waals surface area contributed by atoms with Crippen LogP contribution in [0.2, 0.25) is 5.02 Å². The summed E-state index contributed by atoms with van der Waals surface area (Å²) < 4.78 is 15.0. The van der Waals surface area contributed by atoms with E-state index in [2.05, 4.69) is 9.98 Å². The maximum atomic E-state index is 15.0. The highest BCUT2D eigenvalue weighted by Gasteiger charge is 2.35. The van der Waals surface area contributed by atoms with Gasteiger partial charge >= 0.3 is 0 Å². The van der Waals surface area contributed by atoms with Crippen LogP contribution in [0.1, 0.15) is 26.3 Å². The summed E-state index contributed by atoms with van der Waals surface area (Å²) in [5, 5.41) is 10.6. The number of amides is 2. The molecule has 11 heteroatoms. The molecule has 39 heavy (non-hydrogen) atoms. The molecule has 1 N–H and O–H groups in total. The summed E-state index contributed by atoms with van der Waals surface area (Å²) in [6.45, 7) is 7.54. The van der Waals surface area contributed by atoms with Crippen molar-refractivity contribution in [3.05, 3.63) is 52.8 Å².